The number of hydrogen-bond donors (Lipinski definition) is 4. The van der Waals surface area contributed by atoms with E-state index in [1.165, 1.54) is 14.2 Å². The van der Waals surface area contributed by atoms with Crippen molar-refractivity contribution in [1.82, 2.24) is 40.4 Å². The predicted octanol–water partition coefficient (Wildman–Crippen LogP) is 7.02. The highest BCUT2D eigenvalue weighted by Gasteiger charge is 2.57. The standard InChI is InChI=1S/C47H54N8O7/c1-24(2)38(52-46(58)60-3)44(56)54-32-12-9-30(20-32)41(54)43-49-34-14-11-29-19-28(10-13-33(29)40(34)51-43)25-5-7-26(8-6-25)35-23-48-42(50-35)37-22-31-21-36(31)55(37)45(57)39(53-47(59)61-4)27-15-17-62-18-16-27/h5-8,10-11,13-14,19,23-24,27,30-32,36-39,41H,9,12,15-18,20-22H2,1-4H3,(H,48,50)(H,49,51)(H,52,58)(H,53,59)/t30-,31+,32+,36+,37-,38-,39?,41-/m0/s1. The Labute approximate surface area is 359 Å². The summed E-state index contributed by atoms with van der Waals surface area (Å²) in [5.74, 6) is 1.98. The highest BCUT2D eigenvalue weighted by atomic mass is 16.5. The van der Waals surface area contributed by atoms with Gasteiger partial charge in [0.1, 0.15) is 23.7 Å². The molecule has 10 rings (SSSR count). The van der Waals surface area contributed by atoms with Gasteiger partial charge in [-0.3, -0.25) is 9.59 Å². The molecule has 2 aliphatic carbocycles. The number of carbonyl (C=O) groups excluding carboxylic acids is 4. The first-order valence-electron chi connectivity index (χ1n) is 22.1. The van der Waals surface area contributed by atoms with Gasteiger partial charge in [0.2, 0.25) is 11.8 Å². The number of fused-ring (bicyclic) bond motifs is 6. The highest BCUT2D eigenvalue weighted by Crippen LogP contribution is 2.54. The molecule has 5 fully saturated rings. The number of H-pyrrole nitrogens is 2. The predicted molar refractivity (Wildman–Crippen MR) is 230 cm³/mol. The number of nitrogens with one attached hydrogen (secondary N) is 4. The molecule has 2 bridgehead atoms. The summed E-state index contributed by atoms with van der Waals surface area (Å²) in [5, 5.41) is 7.72. The fourth-order valence-corrected chi connectivity index (χ4v) is 10.9. The zero-order valence-electron chi connectivity index (χ0n) is 35.6. The van der Waals surface area contributed by atoms with E-state index in [0.717, 1.165) is 87.9 Å². The van der Waals surface area contributed by atoms with Gasteiger partial charge in [0.15, 0.2) is 0 Å². The fourth-order valence-electron chi connectivity index (χ4n) is 10.9. The maximum Gasteiger partial charge on any atom is 0.407 e. The Balaban J connectivity index is 0.864. The van der Waals surface area contributed by atoms with Gasteiger partial charge >= 0.3 is 12.2 Å². The molecule has 15 heteroatoms. The molecule has 5 heterocycles. The molecule has 62 heavy (non-hydrogen) atoms. The van der Waals surface area contributed by atoms with Crippen molar-refractivity contribution in [3.63, 3.8) is 0 Å². The Kier molecular flexibility index (Phi) is 10.4. The van der Waals surface area contributed by atoms with Crippen molar-refractivity contribution in [1.29, 1.82) is 0 Å². The van der Waals surface area contributed by atoms with Crippen LogP contribution in [0.2, 0.25) is 0 Å². The normalized spacial score (nSPS) is 25.2. The number of piperidine rings is 2. The van der Waals surface area contributed by atoms with E-state index in [2.05, 4.69) is 75.2 Å². The molecule has 3 aliphatic heterocycles. The zero-order valence-corrected chi connectivity index (χ0v) is 35.6. The largest absolute Gasteiger partial charge is 0.453 e. The van der Waals surface area contributed by atoms with Gasteiger partial charge in [0.25, 0.3) is 0 Å². The minimum absolute atomic E-state index is 0.0224. The van der Waals surface area contributed by atoms with Crippen LogP contribution in [0.25, 0.3) is 44.2 Å². The lowest BCUT2D eigenvalue weighted by Crippen LogP contribution is -2.54. The van der Waals surface area contributed by atoms with Crippen LogP contribution in [0.4, 0.5) is 9.59 Å². The number of aromatic nitrogens is 4. The van der Waals surface area contributed by atoms with Crippen LogP contribution in [0.3, 0.4) is 0 Å². The molecule has 3 saturated heterocycles. The second-order valence-electron chi connectivity index (χ2n) is 18.2. The van der Waals surface area contributed by atoms with Gasteiger partial charge in [-0.15, -0.1) is 0 Å². The summed E-state index contributed by atoms with van der Waals surface area (Å²) in [5.41, 5.74) is 5.80. The summed E-state index contributed by atoms with van der Waals surface area (Å²) in [6.07, 6.45) is 6.75. The Morgan fingerprint density at radius 1 is 0.774 bits per heavy atom. The Morgan fingerprint density at radius 3 is 2.27 bits per heavy atom. The number of imidazole rings is 2. The Bertz CT molecular complexity index is 2530. The van der Waals surface area contributed by atoms with Crippen LogP contribution in [-0.2, 0) is 23.8 Å². The molecule has 15 nitrogen and oxygen atoms in total. The van der Waals surface area contributed by atoms with Gasteiger partial charge in [0.05, 0.1) is 49.2 Å². The van der Waals surface area contributed by atoms with Crippen molar-refractivity contribution < 1.29 is 33.4 Å². The zero-order chi connectivity index (χ0) is 42.8. The summed E-state index contributed by atoms with van der Waals surface area (Å²) >= 11 is 0. The van der Waals surface area contributed by atoms with E-state index in [4.69, 9.17) is 24.2 Å². The molecule has 0 radical (unpaired) electrons. The summed E-state index contributed by atoms with van der Waals surface area (Å²) in [7, 11) is 2.63. The lowest BCUT2D eigenvalue weighted by molar-refractivity contribution is -0.139. The molecule has 4 N–H and O–H groups in total. The number of methoxy groups -OCH3 is 2. The average molecular weight is 843 g/mol. The number of nitrogens with zero attached hydrogens (tertiary/aromatic N) is 4. The smallest absolute Gasteiger partial charge is 0.407 e. The van der Waals surface area contributed by atoms with Crippen molar-refractivity contribution in [2.75, 3.05) is 27.4 Å². The molecule has 324 valence electrons. The first kappa shape index (κ1) is 40.1. The second kappa shape index (κ2) is 16.1. The number of amides is 4. The van der Waals surface area contributed by atoms with E-state index in [9.17, 15) is 19.2 Å². The first-order chi connectivity index (χ1) is 30.1. The maximum atomic E-state index is 14.2. The van der Waals surface area contributed by atoms with Gasteiger partial charge in [0, 0.05) is 30.7 Å². The highest BCUT2D eigenvalue weighted by molar-refractivity contribution is 6.05. The van der Waals surface area contributed by atoms with E-state index >= 15 is 0 Å². The van der Waals surface area contributed by atoms with Crippen LogP contribution < -0.4 is 10.6 Å². The minimum Gasteiger partial charge on any atom is -0.453 e. The van der Waals surface area contributed by atoms with Crippen LogP contribution in [0.15, 0.2) is 60.8 Å². The number of rotatable bonds is 10. The summed E-state index contributed by atoms with van der Waals surface area (Å²) in [6, 6.07) is 17.5. The van der Waals surface area contributed by atoms with Crippen molar-refractivity contribution in [2.45, 2.75) is 95.0 Å². The van der Waals surface area contributed by atoms with Crippen LogP contribution >= 0.6 is 0 Å². The van der Waals surface area contributed by atoms with Gasteiger partial charge in [-0.25, -0.2) is 19.6 Å². The molecule has 1 unspecified atom stereocenters. The molecule has 5 aliphatic rings. The summed E-state index contributed by atoms with van der Waals surface area (Å²) in [4.78, 5) is 73.9. The topological polar surface area (TPSA) is 184 Å². The van der Waals surface area contributed by atoms with Crippen molar-refractivity contribution in [3.05, 3.63) is 72.4 Å². The Morgan fingerprint density at radius 2 is 1.52 bits per heavy atom. The maximum absolute atomic E-state index is 14.2. The third-order valence-corrected chi connectivity index (χ3v) is 14.3. The molecular formula is C47H54N8O7. The molecule has 2 aromatic heterocycles. The van der Waals surface area contributed by atoms with Crippen LogP contribution in [0.5, 0.6) is 0 Å². The van der Waals surface area contributed by atoms with Gasteiger partial charge < -0.3 is 44.6 Å². The van der Waals surface area contributed by atoms with E-state index in [1.54, 1.807) is 0 Å². The van der Waals surface area contributed by atoms with Crippen molar-refractivity contribution in [3.8, 4) is 22.4 Å². The molecule has 4 amide bonds. The fraction of sp³-hybridized carbons (Fsp3) is 0.489. The van der Waals surface area contributed by atoms with Gasteiger partial charge in [-0.1, -0.05) is 56.3 Å². The average Bonchev–Trinajstić information content (AvgIpc) is 3.92. The molecule has 3 aromatic carbocycles. The third-order valence-electron chi connectivity index (χ3n) is 14.3. The second-order valence-corrected chi connectivity index (χ2v) is 18.2. The number of benzene rings is 3. The van der Waals surface area contributed by atoms with Crippen LogP contribution in [0.1, 0.15) is 82.5 Å². The van der Waals surface area contributed by atoms with Gasteiger partial charge in [-0.2, -0.15) is 0 Å². The van der Waals surface area contributed by atoms with E-state index in [-0.39, 0.29) is 47.8 Å². The molecule has 5 aromatic rings. The number of hydrogen-bond acceptors (Lipinski definition) is 9. The first-order valence-corrected chi connectivity index (χ1v) is 22.1. The summed E-state index contributed by atoms with van der Waals surface area (Å²) < 4.78 is 15.3. The molecule has 0 spiro atoms. The van der Waals surface area contributed by atoms with Crippen LogP contribution in [-0.4, -0.2) is 105 Å². The van der Waals surface area contributed by atoms with Gasteiger partial charge in [-0.05, 0) is 103 Å². The third kappa shape index (κ3) is 7.13. The lowest BCUT2D eigenvalue weighted by Gasteiger charge is -2.37. The molecule has 8 atom stereocenters. The summed E-state index contributed by atoms with van der Waals surface area (Å²) in [6.45, 7) is 5.00. The van der Waals surface area contributed by atoms with Crippen LogP contribution in [0, 0.1) is 23.7 Å². The number of aromatic amines is 2. The van der Waals surface area contributed by atoms with E-state index in [1.807, 2.05) is 29.8 Å². The minimum atomic E-state index is -0.691. The lowest BCUT2D eigenvalue weighted by atomic mass is 9.90. The van der Waals surface area contributed by atoms with Crippen molar-refractivity contribution >= 4 is 45.8 Å². The quantitative estimate of drug-likeness (QED) is 0.115. The Hall–Kier alpha value is -5.96. The van der Waals surface area contributed by atoms with E-state index in [0.29, 0.717) is 37.9 Å². The molecular weight excluding hydrogens is 789 g/mol. The molecule has 2 saturated carbocycles. The number of carbonyl (C=O) groups is 4. The number of likely N-dealkylation sites (tertiary alicyclic amines) is 2. The SMILES string of the molecule is COC(=O)NC(C(=O)N1[C@@H]2C[C@@H]2C[C@H]1c1ncc(-c2ccc(-c3ccc4c(ccc5[nH]c([C@@H]6[C@H]7CC[C@H](C7)N6C(=O)[C@@H](NC(=O)OC)C(C)C)nc54)c3)cc2)[nH]1)C1CCOCC1. The number of ether oxygens (including phenoxy) is 3. The monoisotopic (exact) mass is 842 g/mol. The van der Waals surface area contributed by atoms with E-state index < -0.39 is 24.3 Å². The van der Waals surface area contributed by atoms with Crippen molar-refractivity contribution in [2.24, 2.45) is 23.7 Å². The number of alkyl carbamates (subject to hydrolysis) is 2.